The Labute approximate surface area is 95.1 Å². The first-order valence-electron chi connectivity index (χ1n) is 5.31. The molecule has 1 heterocycles. The lowest BCUT2D eigenvalue weighted by atomic mass is 9.84. The number of rotatable bonds is 0. The van der Waals surface area contributed by atoms with Gasteiger partial charge in [-0.25, -0.2) is 0 Å². The summed E-state index contributed by atoms with van der Waals surface area (Å²) in [5.74, 6) is -4.91. The molecule has 2 fully saturated rings. The molecule has 4 nitrogen and oxygen atoms in total. The predicted octanol–water partition coefficient (Wildman–Crippen LogP) is 1.93. The summed E-state index contributed by atoms with van der Waals surface area (Å²) in [6.07, 6.45) is -5.06. The Bertz CT molecular complexity index is 334. The van der Waals surface area contributed by atoms with Crippen LogP contribution in [-0.2, 0) is 19.1 Å². The first-order chi connectivity index (χ1) is 7.81. The van der Waals surface area contributed by atoms with Gasteiger partial charge in [0, 0.05) is 12.8 Å². The molecule has 1 aliphatic carbocycles. The number of carbonyl (C=O) groups is 2. The molecule has 0 bridgehead atoms. The first-order valence-corrected chi connectivity index (χ1v) is 5.31. The zero-order valence-corrected chi connectivity index (χ0v) is 8.88. The minimum absolute atomic E-state index is 0.0274. The maximum Gasteiger partial charge on any atom is 0.392 e. The molecule has 1 atom stereocenters. The summed E-state index contributed by atoms with van der Waals surface area (Å²) in [5, 5.41) is 0. The van der Waals surface area contributed by atoms with Gasteiger partial charge in [0.25, 0.3) is 5.79 Å². The number of hydrogen-bond donors (Lipinski definition) is 0. The lowest BCUT2D eigenvalue weighted by Crippen LogP contribution is -2.50. The second-order valence-electron chi connectivity index (χ2n) is 4.37. The summed E-state index contributed by atoms with van der Waals surface area (Å²) < 4.78 is 47.4. The molecule has 1 saturated carbocycles. The number of esters is 2. The van der Waals surface area contributed by atoms with Crippen molar-refractivity contribution in [3.8, 4) is 0 Å². The van der Waals surface area contributed by atoms with Gasteiger partial charge in [0.2, 0.25) is 0 Å². The third-order valence-corrected chi connectivity index (χ3v) is 3.02. The quantitative estimate of drug-likeness (QED) is 0.488. The Hall–Kier alpha value is -1.27. The highest BCUT2D eigenvalue weighted by Crippen LogP contribution is 2.45. The van der Waals surface area contributed by atoms with Gasteiger partial charge in [-0.2, -0.15) is 13.2 Å². The van der Waals surface area contributed by atoms with E-state index in [1.807, 2.05) is 0 Å². The van der Waals surface area contributed by atoms with Gasteiger partial charge in [0.05, 0.1) is 5.92 Å². The molecule has 0 amide bonds. The van der Waals surface area contributed by atoms with E-state index in [2.05, 4.69) is 0 Å². The van der Waals surface area contributed by atoms with Crippen molar-refractivity contribution < 1.29 is 32.2 Å². The van der Waals surface area contributed by atoms with Crippen LogP contribution in [0.3, 0.4) is 0 Å². The van der Waals surface area contributed by atoms with Crippen LogP contribution >= 0.6 is 0 Å². The topological polar surface area (TPSA) is 52.6 Å². The summed E-state index contributed by atoms with van der Waals surface area (Å²) >= 11 is 0. The van der Waals surface area contributed by atoms with Gasteiger partial charge < -0.3 is 9.47 Å². The number of hydrogen-bond acceptors (Lipinski definition) is 4. The standard InChI is InChI=1S/C10H11F3O4/c11-10(12,13)6-2-1-3-9(5-6)16-7(14)4-8(15)17-9/h6H,1-5H2. The fourth-order valence-corrected chi connectivity index (χ4v) is 2.29. The lowest BCUT2D eigenvalue weighted by molar-refractivity contribution is -0.278. The van der Waals surface area contributed by atoms with E-state index in [0.717, 1.165) is 0 Å². The highest BCUT2D eigenvalue weighted by atomic mass is 19.4. The Morgan fingerprint density at radius 2 is 1.76 bits per heavy atom. The minimum atomic E-state index is -4.36. The molecular weight excluding hydrogens is 241 g/mol. The zero-order chi connectivity index (χ0) is 12.7. The van der Waals surface area contributed by atoms with Gasteiger partial charge in [0.15, 0.2) is 0 Å². The van der Waals surface area contributed by atoms with Gasteiger partial charge in [0.1, 0.15) is 6.42 Å². The molecule has 0 radical (unpaired) electrons. The van der Waals surface area contributed by atoms with Gasteiger partial charge >= 0.3 is 18.1 Å². The number of alkyl halides is 3. The van der Waals surface area contributed by atoms with Crippen molar-refractivity contribution in [1.29, 1.82) is 0 Å². The van der Waals surface area contributed by atoms with Crippen LogP contribution in [0.25, 0.3) is 0 Å². The van der Waals surface area contributed by atoms with Crippen molar-refractivity contribution >= 4 is 11.9 Å². The minimum Gasteiger partial charge on any atom is -0.422 e. The summed E-state index contributed by atoms with van der Waals surface area (Å²) in [5.41, 5.74) is 0. The second-order valence-corrected chi connectivity index (χ2v) is 4.37. The van der Waals surface area contributed by atoms with Gasteiger partial charge in [-0.1, -0.05) is 0 Å². The second kappa shape index (κ2) is 3.89. The van der Waals surface area contributed by atoms with Crippen LogP contribution in [0.4, 0.5) is 13.2 Å². The average molecular weight is 252 g/mol. The number of ether oxygens (including phenoxy) is 2. The van der Waals surface area contributed by atoms with E-state index in [1.165, 1.54) is 0 Å². The van der Waals surface area contributed by atoms with E-state index in [9.17, 15) is 22.8 Å². The van der Waals surface area contributed by atoms with Gasteiger partial charge in [-0.3, -0.25) is 9.59 Å². The summed E-state index contributed by atoms with van der Waals surface area (Å²) in [7, 11) is 0. The normalized spacial score (nSPS) is 28.8. The van der Waals surface area contributed by atoms with Crippen LogP contribution in [-0.4, -0.2) is 23.9 Å². The number of halogens is 3. The van der Waals surface area contributed by atoms with E-state index in [1.54, 1.807) is 0 Å². The maximum atomic E-state index is 12.6. The van der Waals surface area contributed by atoms with Gasteiger partial charge in [-0.15, -0.1) is 0 Å². The molecule has 2 aliphatic rings. The van der Waals surface area contributed by atoms with Crippen LogP contribution in [0.2, 0.25) is 0 Å². The molecule has 0 aromatic heterocycles. The Morgan fingerprint density at radius 1 is 1.18 bits per heavy atom. The van der Waals surface area contributed by atoms with Crippen molar-refractivity contribution in [3.63, 3.8) is 0 Å². The van der Waals surface area contributed by atoms with Crippen molar-refractivity contribution in [1.82, 2.24) is 0 Å². The third-order valence-electron chi connectivity index (χ3n) is 3.02. The van der Waals surface area contributed by atoms with Crippen molar-refractivity contribution in [2.24, 2.45) is 5.92 Å². The lowest BCUT2D eigenvalue weighted by Gasteiger charge is -2.41. The molecule has 1 saturated heterocycles. The monoisotopic (exact) mass is 252 g/mol. The van der Waals surface area contributed by atoms with E-state index >= 15 is 0 Å². The molecule has 1 unspecified atom stereocenters. The van der Waals surface area contributed by atoms with Crippen molar-refractivity contribution in [2.45, 2.75) is 44.1 Å². The van der Waals surface area contributed by atoms with E-state index < -0.39 is 42.7 Å². The zero-order valence-electron chi connectivity index (χ0n) is 8.88. The van der Waals surface area contributed by atoms with Crippen molar-refractivity contribution in [3.05, 3.63) is 0 Å². The van der Waals surface area contributed by atoms with Crippen molar-refractivity contribution in [2.75, 3.05) is 0 Å². The number of carbonyl (C=O) groups excluding carboxylic acids is 2. The van der Waals surface area contributed by atoms with Crippen LogP contribution < -0.4 is 0 Å². The molecule has 7 heteroatoms. The Morgan fingerprint density at radius 3 is 2.29 bits per heavy atom. The van der Waals surface area contributed by atoms with E-state index in [-0.39, 0.29) is 19.3 Å². The smallest absolute Gasteiger partial charge is 0.392 e. The van der Waals surface area contributed by atoms with Crippen LogP contribution in [0.5, 0.6) is 0 Å². The molecule has 1 aliphatic heterocycles. The molecule has 17 heavy (non-hydrogen) atoms. The largest absolute Gasteiger partial charge is 0.422 e. The molecule has 2 rings (SSSR count). The maximum absolute atomic E-state index is 12.6. The fourth-order valence-electron chi connectivity index (χ4n) is 2.29. The van der Waals surface area contributed by atoms with Crippen LogP contribution in [0, 0.1) is 5.92 Å². The molecule has 1 spiro atoms. The molecule has 96 valence electrons. The Kier molecular flexibility index (Phi) is 2.79. The predicted molar refractivity (Wildman–Crippen MR) is 47.5 cm³/mol. The highest BCUT2D eigenvalue weighted by molar-refractivity contribution is 5.93. The summed E-state index contributed by atoms with van der Waals surface area (Å²) in [6, 6.07) is 0. The molecule has 0 aromatic carbocycles. The molecule has 0 N–H and O–H groups in total. The third kappa shape index (κ3) is 2.53. The van der Waals surface area contributed by atoms with Crippen LogP contribution in [0.15, 0.2) is 0 Å². The van der Waals surface area contributed by atoms with Crippen LogP contribution in [0.1, 0.15) is 32.1 Å². The Balaban J connectivity index is 2.15. The average Bonchev–Trinajstić information content (AvgIpc) is 2.13. The van der Waals surface area contributed by atoms with E-state index in [0.29, 0.717) is 0 Å². The van der Waals surface area contributed by atoms with E-state index in [4.69, 9.17) is 9.47 Å². The molecule has 0 aromatic rings. The first kappa shape index (κ1) is 12.2. The highest BCUT2D eigenvalue weighted by Gasteiger charge is 2.53. The van der Waals surface area contributed by atoms with Gasteiger partial charge in [-0.05, 0) is 12.8 Å². The fraction of sp³-hybridized carbons (Fsp3) is 0.800. The molecular formula is C10H11F3O4. The summed E-state index contributed by atoms with van der Waals surface area (Å²) in [4.78, 5) is 22.2. The summed E-state index contributed by atoms with van der Waals surface area (Å²) in [6.45, 7) is 0. The SMILES string of the molecule is O=C1CC(=O)OC2(CCCC(C(F)(F)F)C2)O1.